The van der Waals surface area contributed by atoms with Gasteiger partial charge in [0.2, 0.25) is 0 Å². The molecule has 2 aromatic rings. The van der Waals surface area contributed by atoms with Crippen molar-refractivity contribution in [2.75, 3.05) is 0 Å². The van der Waals surface area contributed by atoms with Crippen molar-refractivity contribution in [2.24, 2.45) is 12.8 Å². The minimum absolute atomic E-state index is 0.0213. The maximum Gasteiger partial charge on any atom is 0.123 e. The summed E-state index contributed by atoms with van der Waals surface area (Å²) < 4.78 is 1.80. The van der Waals surface area contributed by atoms with Gasteiger partial charge in [-0.1, -0.05) is 6.92 Å². The number of imidazole rings is 1. The van der Waals surface area contributed by atoms with Crippen molar-refractivity contribution in [3.63, 3.8) is 0 Å². The summed E-state index contributed by atoms with van der Waals surface area (Å²) >= 11 is 0. The van der Waals surface area contributed by atoms with Crippen LogP contribution in [0, 0.1) is 0 Å². The minimum atomic E-state index is -0.0213. The lowest BCUT2D eigenvalue weighted by molar-refractivity contribution is 0.658. The molecule has 3 N–H and O–H groups in total. The Morgan fingerprint density at radius 1 is 1.60 bits per heavy atom. The number of aromatic nitrogens is 4. The fourth-order valence-corrected chi connectivity index (χ4v) is 1.49. The van der Waals surface area contributed by atoms with E-state index in [4.69, 9.17) is 5.73 Å². The van der Waals surface area contributed by atoms with Crippen LogP contribution in [-0.2, 0) is 7.05 Å². The predicted molar refractivity (Wildman–Crippen MR) is 58.0 cm³/mol. The Morgan fingerprint density at radius 3 is 3.00 bits per heavy atom. The van der Waals surface area contributed by atoms with E-state index in [1.165, 1.54) is 0 Å². The number of hydrogen-bond donors (Lipinski definition) is 2. The first-order chi connectivity index (χ1) is 7.22. The van der Waals surface area contributed by atoms with E-state index in [1.807, 2.05) is 20.0 Å². The molecule has 5 nitrogen and oxygen atoms in total. The Labute approximate surface area is 88.3 Å². The third kappa shape index (κ3) is 1.78. The van der Waals surface area contributed by atoms with Crippen molar-refractivity contribution < 1.29 is 0 Å². The minimum Gasteiger partial charge on any atom is -0.339 e. The number of nitrogens with one attached hydrogen (secondary N) is 1. The number of rotatable bonds is 3. The standard InChI is InChI=1S/C10H15N5/c1-3-7(11)10-12-6-8(14-10)9-4-5-13-15(9)2/h4-7H,3,11H2,1-2H3,(H,12,14). The molecule has 80 valence electrons. The Balaban J connectivity index is 2.32. The number of nitrogens with zero attached hydrogens (tertiary/aromatic N) is 3. The average Bonchev–Trinajstić information content (AvgIpc) is 2.84. The highest BCUT2D eigenvalue weighted by Crippen LogP contribution is 2.18. The van der Waals surface area contributed by atoms with E-state index in [1.54, 1.807) is 17.1 Å². The van der Waals surface area contributed by atoms with E-state index < -0.39 is 0 Å². The van der Waals surface area contributed by atoms with Gasteiger partial charge in [-0.2, -0.15) is 5.10 Å². The molecule has 0 aliphatic carbocycles. The summed E-state index contributed by atoms with van der Waals surface area (Å²) in [6, 6.07) is 1.92. The van der Waals surface area contributed by atoms with Crippen LogP contribution < -0.4 is 5.73 Å². The number of aryl methyl sites for hydroxylation is 1. The lowest BCUT2D eigenvalue weighted by atomic mass is 10.2. The number of hydrogen-bond acceptors (Lipinski definition) is 3. The third-order valence-electron chi connectivity index (χ3n) is 2.48. The van der Waals surface area contributed by atoms with Crippen LogP contribution in [0.25, 0.3) is 11.4 Å². The Kier molecular flexibility index (Phi) is 2.55. The quantitative estimate of drug-likeness (QED) is 0.791. The molecule has 5 heteroatoms. The van der Waals surface area contributed by atoms with Crippen molar-refractivity contribution in [1.29, 1.82) is 0 Å². The third-order valence-corrected chi connectivity index (χ3v) is 2.48. The molecular weight excluding hydrogens is 190 g/mol. The van der Waals surface area contributed by atoms with E-state index in [0.717, 1.165) is 23.6 Å². The Hall–Kier alpha value is -1.62. The molecule has 0 aliphatic heterocycles. The van der Waals surface area contributed by atoms with E-state index in [9.17, 15) is 0 Å². The summed E-state index contributed by atoms with van der Waals surface area (Å²) in [4.78, 5) is 7.47. The Morgan fingerprint density at radius 2 is 2.40 bits per heavy atom. The Bertz CT molecular complexity index is 442. The van der Waals surface area contributed by atoms with Gasteiger partial charge in [-0.15, -0.1) is 0 Å². The number of H-pyrrole nitrogens is 1. The molecule has 0 saturated carbocycles. The maximum atomic E-state index is 5.88. The van der Waals surface area contributed by atoms with Crippen LogP contribution in [0.1, 0.15) is 25.2 Å². The first-order valence-corrected chi connectivity index (χ1v) is 5.01. The van der Waals surface area contributed by atoms with Crippen molar-refractivity contribution >= 4 is 0 Å². The zero-order valence-electron chi connectivity index (χ0n) is 8.94. The first kappa shape index (κ1) is 9.92. The summed E-state index contributed by atoms with van der Waals surface area (Å²) in [6.07, 6.45) is 4.43. The molecule has 0 amide bonds. The molecular formula is C10H15N5. The maximum absolute atomic E-state index is 5.88. The molecule has 0 fully saturated rings. The van der Waals surface area contributed by atoms with Crippen molar-refractivity contribution in [2.45, 2.75) is 19.4 Å². The summed E-state index contributed by atoms with van der Waals surface area (Å²) in [6.45, 7) is 2.04. The van der Waals surface area contributed by atoms with Crippen LogP contribution in [0.4, 0.5) is 0 Å². The van der Waals surface area contributed by atoms with Gasteiger partial charge in [0.05, 0.1) is 23.6 Å². The SMILES string of the molecule is CCC(N)c1ncc(-c2ccnn2C)[nH]1. The van der Waals surface area contributed by atoms with Crippen LogP contribution in [0.15, 0.2) is 18.5 Å². The van der Waals surface area contributed by atoms with Gasteiger partial charge in [-0.3, -0.25) is 4.68 Å². The van der Waals surface area contributed by atoms with Crippen molar-refractivity contribution in [3.05, 3.63) is 24.3 Å². The van der Waals surface area contributed by atoms with Crippen LogP contribution in [-0.4, -0.2) is 19.7 Å². The smallest absolute Gasteiger partial charge is 0.123 e. The molecule has 2 heterocycles. The normalized spacial score (nSPS) is 13.0. The molecule has 15 heavy (non-hydrogen) atoms. The highest BCUT2D eigenvalue weighted by Gasteiger charge is 2.10. The fraction of sp³-hybridized carbons (Fsp3) is 0.400. The molecule has 0 aliphatic rings. The second kappa shape index (κ2) is 3.86. The van der Waals surface area contributed by atoms with Gasteiger partial charge in [0.15, 0.2) is 0 Å². The molecule has 0 spiro atoms. The molecule has 0 radical (unpaired) electrons. The number of nitrogens with two attached hydrogens (primary N) is 1. The van der Waals surface area contributed by atoms with Gasteiger partial charge >= 0.3 is 0 Å². The van der Waals surface area contributed by atoms with E-state index >= 15 is 0 Å². The summed E-state index contributed by atoms with van der Waals surface area (Å²) in [5, 5.41) is 4.10. The summed E-state index contributed by atoms with van der Waals surface area (Å²) in [5.41, 5.74) is 7.85. The topological polar surface area (TPSA) is 72.5 Å². The van der Waals surface area contributed by atoms with Crippen LogP contribution in [0.3, 0.4) is 0 Å². The monoisotopic (exact) mass is 205 g/mol. The molecule has 1 unspecified atom stereocenters. The zero-order valence-corrected chi connectivity index (χ0v) is 8.94. The van der Waals surface area contributed by atoms with Crippen LogP contribution in [0.5, 0.6) is 0 Å². The van der Waals surface area contributed by atoms with Gasteiger partial charge in [0, 0.05) is 13.2 Å². The van der Waals surface area contributed by atoms with E-state index in [2.05, 4.69) is 15.1 Å². The van der Waals surface area contributed by atoms with E-state index in [-0.39, 0.29) is 6.04 Å². The van der Waals surface area contributed by atoms with Crippen LogP contribution in [0.2, 0.25) is 0 Å². The molecule has 0 bridgehead atoms. The van der Waals surface area contributed by atoms with Gasteiger partial charge in [0.1, 0.15) is 5.82 Å². The molecule has 1 atom stereocenters. The molecule has 2 rings (SSSR count). The van der Waals surface area contributed by atoms with Gasteiger partial charge in [-0.25, -0.2) is 4.98 Å². The number of aromatic amines is 1. The van der Waals surface area contributed by atoms with Gasteiger partial charge in [0.25, 0.3) is 0 Å². The fourth-order valence-electron chi connectivity index (χ4n) is 1.49. The lowest BCUT2D eigenvalue weighted by Gasteiger charge is -2.03. The highest BCUT2D eigenvalue weighted by molar-refractivity contribution is 5.53. The van der Waals surface area contributed by atoms with Gasteiger partial charge < -0.3 is 10.7 Å². The first-order valence-electron chi connectivity index (χ1n) is 5.01. The molecule has 0 aromatic carbocycles. The molecule has 0 saturated heterocycles. The van der Waals surface area contributed by atoms with Crippen molar-refractivity contribution in [1.82, 2.24) is 19.7 Å². The van der Waals surface area contributed by atoms with Crippen molar-refractivity contribution in [3.8, 4) is 11.4 Å². The summed E-state index contributed by atoms with van der Waals surface area (Å²) in [5.74, 6) is 0.828. The predicted octanol–water partition coefficient (Wildman–Crippen LogP) is 1.22. The molecule has 2 aromatic heterocycles. The second-order valence-corrected chi connectivity index (χ2v) is 3.54. The lowest BCUT2D eigenvalue weighted by Crippen LogP contribution is -2.10. The summed E-state index contributed by atoms with van der Waals surface area (Å²) in [7, 11) is 1.90. The largest absolute Gasteiger partial charge is 0.339 e. The van der Waals surface area contributed by atoms with Crippen LogP contribution >= 0.6 is 0 Å². The average molecular weight is 205 g/mol. The van der Waals surface area contributed by atoms with Gasteiger partial charge in [-0.05, 0) is 12.5 Å². The highest BCUT2D eigenvalue weighted by atomic mass is 15.3. The zero-order chi connectivity index (χ0) is 10.8. The second-order valence-electron chi connectivity index (χ2n) is 3.54. The van der Waals surface area contributed by atoms with E-state index in [0.29, 0.717) is 0 Å².